The molecular formula is C33H42O18. The highest BCUT2D eigenvalue weighted by molar-refractivity contribution is 5.89. The van der Waals surface area contributed by atoms with E-state index in [4.69, 9.17) is 47.4 Å². The van der Waals surface area contributed by atoms with Crippen molar-refractivity contribution in [2.75, 3.05) is 26.9 Å². The van der Waals surface area contributed by atoms with Gasteiger partial charge in [-0.1, -0.05) is 0 Å². The van der Waals surface area contributed by atoms with E-state index in [0.717, 1.165) is 34.6 Å². The van der Waals surface area contributed by atoms with Crippen molar-refractivity contribution in [3.05, 3.63) is 29.8 Å². The number of methoxy groups -OCH3 is 1. The lowest BCUT2D eigenvalue weighted by Gasteiger charge is -2.47. The highest BCUT2D eigenvalue weighted by atomic mass is 16.8. The number of aliphatic hydroxyl groups is 2. The fourth-order valence-electron chi connectivity index (χ4n) is 6.52. The van der Waals surface area contributed by atoms with E-state index in [-0.39, 0.29) is 18.6 Å². The molecule has 282 valence electrons. The minimum absolute atomic E-state index is 0.0654. The summed E-state index contributed by atoms with van der Waals surface area (Å²) in [6, 6.07) is 5.97. The van der Waals surface area contributed by atoms with Crippen LogP contribution in [0.4, 0.5) is 0 Å². The fraction of sp³-hybridized carbons (Fsp3) is 0.636. The Balaban J connectivity index is 1.71. The number of fused-ring (bicyclic) bond motifs is 1. The summed E-state index contributed by atoms with van der Waals surface area (Å²) >= 11 is 0. The standard InChI is InChI=1S/C33H42O18/c1-15(34)44-13-23-26(46-17(3)36)27(47-18(4)37)28(48-19(5)38)32(49-23)51-31-24-22(11-12-43-31)25(29(39)33(24,41)14-45-16(2)35)50-30(40)20-7-9-21(42-6)10-8-20/h7-10,22-29,31-32,39,41H,11-14H2,1-6H3/t22-,23-,24-,25+,26-,27+,28-,29+,31-,32+,33-/m1/s1. The van der Waals surface area contributed by atoms with E-state index in [1.807, 2.05) is 0 Å². The first-order valence-electron chi connectivity index (χ1n) is 16.0. The third-order valence-electron chi connectivity index (χ3n) is 8.60. The molecule has 18 nitrogen and oxygen atoms in total. The Labute approximate surface area is 292 Å². The molecule has 2 heterocycles. The van der Waals surface area contributed by atoms with Gasteiger partial charge >= 0.3 is 35.8 Å². The van der Waals surface area contributed by atoms with Gasteiger partial charge in [-0.3, -0.25) is 24.0 Å². The van der Waals surface area contributed by atoms with Crippen LogP contribution in [0.15, 0.2) is 24.3 Å². The molecule has 51 heavy (non-hydrogen) atoms. The number of aliphatic hydroxyl groups excluding tert-OH is 1. The Morgan fingerprint density at radius 2 is 1.35 bits per heavy atom. The Hall–Kier alpha value is -4.36. The summed E-state index contributed by atoms with van der Waals surface area (Å²) < 4.78 is 55.6. The van der Waals surface area contributed by atoms with Crippen LogP contribution < -0.4 is 4.74 Å². The van der Waals surface area contributed by atoms with E-state index in [2.05, 4.69) is 0 Å². The van der Waals surface area contributed by atoms with Crippen LogP contribution in [0.1, 0.15) is 51.4 Å². The fourth-order valence-corrected chi connectivity index (χ4v) is 6.52. The molecule has 4 rings (SSSR count). The van der Waals surface area contributed by atoms with Crippen molar-refractivity contribution in [3.8, 4) is 5.75 Å². The number of benzene rings is 1. The van der Waals surface area contributed by atoms with Crippen LogP contribution >= 0.6 is 0 Å². The highest BCUT2D eigenvalue weighted by Gasteiger charge is 2.66. The number of carbonyl (C=O) groups excluding carboxylic acids is 6. The summed E-state index contributed by atoms with van der Waals surface area (Å²) in [6.45, 7) is 4.01. The smallest absolute Gasteiger partial charge is 0.338 e. The van der Waals surface area contributed by atoms with Crippen LogP contribution in [0.5, 0.6) is 5.75 Å². The summed E-state index contributed by atoms with van der Waals surface area (Å²) in [5, 5.41) is 23.6. The zero-order valence-electron chi connectivity index (χ0n) is 28.8. The second kappa shape index (κ2) is 16.8. The number of rotatable bonds is 12. The summed E-state index contributed by atoms with van der Waals surface area (Å²) in [4.78, 5) is 73.5. The first-order valence-corrected chi connectivity index (χ1v) is 16.0. The SMILES string of the molecule is COc1ccc(C(=O)O[C@H]2[C@@H]3CCO[C@H](O[C@@H]4O[C@H](COC(C)=O)[C@@H](OC(C)=O)[C@H](OC(C)=O)[C@H]4OC(C)=O)[C@@H]3[C@](O)(COC(C)=O)[C@H]2O)cc1. The maximum atomic E-state index is 13.2. The first kappa shape index (κ1) is 39.4. The topological polar surface area (TPSA) is 235 Å². The lowest BCUT2D eigenvalue weighted by molar-refractivity contribution is -0.361. The lowest BCUT2D eigenvalue weighted by Crippen LogP contribution is -2.64. The Morgan fingerprint density at radius 3 is 1.92 bits per heavy atom. The number of esters is 6. The quantitative estimate of drug-likeness (QED) is 0.212. The molecule has 2 N–H and O–H groups in total. The molecule has 0 radical (unpaired) electrons. The van der Waals surface area contributed by atoms with Gasteiger partial charge in [-0.2, -0.15) is 0 Å². The Morgan fingerprint density at radius 1 is 0.765 bits per heavy atom. The molecule has 1 saturated carbocycles. The summed E-state index contributed by atoms with van der Waals surface area (Å²) in [5.74, 6) is -6.62. The molecule has 2 aliphatic heterocycles. The molecule has 18 heteroatoms. The van der Waals surface area contributed by atoms with Gasteiger partial charge in [0, 0.05) is 40.5 Å². The van der Waals surface area contributed by atoms with Gasteiger partial charge in [-0.05, 0) is 30.7 Å². The van der Waals surface area contributed by atoms with Gasteiger partial charge in [0.05, 0.1) is 25.2 Å². The van der Waals surface area contributed by atoms with Crippen LogP contribution in [0.2, 0.25) is 0 Å². The van der Waals surface area contributed by atoms with Gasteiger partial charge in [-0.25, -0.2) is 4.79 Å². The molecule has 3 fully saturated rings. The third-order valence-corrected chi connectivity index (χ3v) is 8.60. The van der Waals surface area contributed by atoms with Gasteiger partial charge in [0.1, 0.15) is 42.9 Å². The molecule has 1 aliphatic carbocycles. The number of hydrogen-bond donors (Lipinski definition) is 2. The van der Waals surface area contributed by atoms with Crippen LogP contribution in [0, 0.1) is 11.8 Å². The van der Waals surface area contributed by atoms with Crippen molar-refractivity contribution in [3.63, 3.8) is 0 Å². The monoisotopic (exact) mass is 726 g/mol. The summed E-state index contributed by atoms with van der Waals surface area (Å²) in [7, 11) is 1.46. The van der Waals surface area contributed by atoms with Gasteiger partial charge in [0.2, 0.25) is 6.29 Å². The van der Waals surface area contributed by atoms with Crippen molar-refractivity contribution >= 4 is 35.8 Å². The van der Waals surface area contributed by atoms with E-state index < -0.39 is 116 Å². The number of carbonyl (C=O) groups is 6. The third kappa shape index (κ3) is 9.31. The molecule has 0 aromatic heterocycles. The number of ether oxygens (including phenoxy) is 10. The van der Waals surface area contributed by atoms with E-state index in [9.17, 15) is 39.0 Å². The molecular weight excluding hydrogens is 684 g/mol. The van der Waals surface area contributed by atoms with Crippen molar-refractivity contribution in [1.82, 2.24) is 0 Å². The van der Waals surface area contributed by atoms with Gasteiger partial charge in [-0.15, -0.1) is 0 Å². The average Bonchev–Trinajstić information content (AvgIpc) is 3.27. The van der Waals surface area contributed by atoms with Crippen LogP contribution in [0.25, 0.3) is 0 Å². The minimum atomic E-state index is -2.34. The second-order valence-corrected chi connectivity index (χ2v) is 12.2. The summed E-state index contributed by atoms with van der Waals surface area (Å²) in [5.41, 5.74) is -2.22. The van der Waals surface area contributed by atoms with Crippen LogP contribution in [0.3, 0.4) is 0 Å². The van der Waals surface area contributed by atoms with Crippen molar-refractivity contribution in [2.24, 2.45) is 11.8 Å². The summed E-state index contributed by atoms with van der Waals surface area (Å²) in [6.07, 6.45) is -12.4. The zero-order chi connectivity index (χ0) is 37.6. The van der Waals surface area contributed by atoms with Gasteiger partial charge < -0.3 is 57.6 Å². The molecule has 0 unspecified atom stereocenters. The van der Waals surface area contributed by atoms with Crippen molar-refractivity contribution < 1.29 is 86.3 Å². The molecule has 0 amide bonds. The van der Waals surface area contributed by atoms with E-state index >= 15 is 0 Å². The zero-order valence-corrected chi connectivity index (χ0v) is 28.8. The molecule has 0 spiro atoms. The predicted octanol–water partition coefficient (Wildman–Crippen LogP) is -0.0322. The van der Waals surface area contributed by atoms with Gasteiger partial charge in [0.25, 0.3) is 0 Å². The van der Waals surface area contributed by atoms with Crippen molar-refractivity contribution in [2.45, 2.75) is 95.8 Å². The Kier molecular flexibility index (Phi) is 13.0. The van der Waals surface area contributed by atoms with Crippen molar-refractivity contribution in [1.29, 1.82) is 0 Å². The van der Waals surface area contributed by atoms with Crippen LogP contribution in [-0.4, -0.2) is 128 Å². The molecule has 1 aromatic carbocycles. The minimum Gasteiger partial charge on any atom is -0.497 e. The van der Waals surface area contributed by atoms with E-state index in [1.165, 1.54) is 31.4 Å². The maximum Gasteiger partial charge on any atom is 0.338 e. The maximum absolute atomic E-state index is 13.2. The van der Waals surface area contributed by atoms with E-state index in [1.54, 1.807) is 0 Å². The molecule has 1 aromatic rings. The van der Waals surface area contributed by atoms with Crippen LogP contribution in [-0.2, 0) is 66.6 Å². The van der Waals surface area contributed by atoms with E-state index in [0.29, 0.717) is 5.75 Å². The highest BCUT2D eigenvalue weighted by Crippen LogP contribution is 2.50. The first-order chi connectivity index (χ1) is 24.0. The molecule has 0 bridgehead atoms. The molecule has 11 atom stereocenters. The lowest BCUT2D eigenvalue weighted by atomic mass is 9.82. The second-order valence-electron chi connectivity index (χ2n) is 12.2. The molecule has 2 saturated heterocycles. The normalized spacial score (nSPS) is 32.8. The van der Waals surface area contributed by atoms with Gasteiger partial charge in [0.15, 0.2) is 24.6 Å². The Bertz CT molecular complexity index is 1450. The predicted molar refractivity (Wildman–Crippen MR) is 164 cm³/mol. The largest absolute Gasteiger partial charge is 0.497 e. The number of hydrogen-bond acceptors (Lipinski definition) is 18. The molecule has 3 aliphatic rings. The average molecular weight is 727 g/mol.